The number of aliphatic carboxylic acids is 2. The molecule has 2 N–H and O–H groups in total. The van der Waals surface area contributed by atoms with Crippen molar-refractivity contribution in [1.82, 2.24) is 0 Å². The summed E-state index contributed by atoms with van der Waals surface area (Å²) in [5, 5.41) is 34.4. The van der Waals surface area contributed by atoms with Gasteiger partial charge in [-0.25, -0.2) is 9.59 Å². The van der Waals surface area contributed by atoms with Crippen LogP contribution in [0.5, 0.6) is 0 Å². The highest BCUT2D eigenvalue weighted by Crippen LogP contribution is 2.35. The molecule has 2 rings (SSSR count). The van der Waals surface area contributed by atoms with Gasteiger partial charge in [0, 0.05) is 5.57 Å². The average Bonchev–Trinajstić information content (AvgIpc) is 2.78. The molecule has 0 saturated carbocycles. The van der Waals surface area contributed by atoms with Gasteiger partial charge in [0.25, 0.3) is 5.54 Å². The van der Waals surface area contributed by atoms with Crippen LogP contribution in [0.25, 0.3) is 0 Å². The van der Waals surface area contributed by atoms with Crippen LogP contribution in [0.2, 0.25) is 0 Å². The highest BCUT2D eigenvalue weighted by molar-refractivity contribution is 6.08. The smallest absolute Gasteiger partial charge is 0.349 e. The Balaban J connectivity index is 2.41. The van der Waals surface area contributed by atoms with Crippen molar-refractivity contribution in [1.29, 1.82) is 5.26 Å². The van der Waals surface area contributed by atoms with Crippen LogP contribution in [-0.4, -0.2) is 27.7 Å². The van der Waals surface area contributed by atoms with Gasteiger partial charge in [-0.2, -0.15) is 15.5 Å². The van der Waals surface area contributed by atoms with Gasteiger partial charge in [-0.3, -0.25) is 0 Å². The van der Waals surface area contributed by atoms with Crippen LogP contribution >= 0.6 is 0 Å². The number of hydrogen-bond acceptors (Lipinski definition) is 5. The van der Waals surface area contributed by atoms with Crippen molar-refractivity contribution in [2.24, 2.45) is 10.2 Å². The molecule has 0 amide bonds. The number of rotatable bonds is 4. The van der Waals surface area contributed by atoms with E-state index < -0.39 is 17.5 Å². The lowest BCUT2D eigenvalue weighted by molar-refractivity contribution is -0.154. The van der Waals surface area contributed by atoms with Crippen LogP contribution in [0.15, 0.2) is 45.8 Å². The van der Waals surface area contributed by atoms with E-state index in [1.165, 1.54) is 6.92 Å². The van der Waals surface area contributed by atoms with Crippen molar-refractivity contribution in [3.05, 3.63) is 46.7 Å². The van der Waals surface area contributed by atoms with Crippen LogP contribution in [0.4, 0.5) is 0 Å². The van der Waals surface area contributed by atoms with Crippen LogP contribution < -0.4 is 0 Å². The maximum absolute atomic E-state index is 11.4. The highest BCUT2D eigenvalue weighted by Gasteiger charge is 2.54. The van der Waals surface area contributed by atoms with Gasteiger partial charge in [0.2, 0.25) is 0 Å². The minimum Gasteiger partial charge on any atom is -0.479 e. The summed E-state index contributed by atoms with van der Waals surface area (Å²) < 4.78 is 0. The van der Waals surface area contributed by atoms with Crippen molar-refractivity contribution in [3.8, 4) is 6.07 Å². The van der Waals surface area contributed by atoms with Crippen molar-refractivity contribution in [2.75, 3.05) is 0 Å². The summed E-state index contributed by atoms with van der Waals surface area (Å²) in [6.07, 6.45) is 0.0865. The molecule has 0 atom stereocenters. The molecule has 0 unspecified atom stereocenters. The lowest BCUT2D eigenvalue weighted by Gasteiger charge is -2.19. The number of azo groups is 1. The van der Waals surface area contributed by atoms with E-state index in [-0.39, 0.29) is 17.7 Å². The van der Waals surface area contributed by atoms with E-state index in [2.05, 4.69) is 10.2 Å². The Morgan fingerprint density at radius 1 is 1.24 bits per heavy atom. The Labute approximate surface area is 119 Å². The fourth-order valence-corrected chi connectivity index (χ4v) is 2.12. The van der Waals surface area contributed by atoms with E-state index in [4.69, 9.17) is 5.26 Å². The second-order valence-corrected chi connectivity index (χ2v) is 4.57. The number of allylic oxidation sites excluding steroid dienone is 1. The molecular formula is C14H11N3O4. The molecule has 7 heteroatoms. The third kappa shape index (κ3) is 2.27. The molecule has 7 nitrogen and oxygen atoms in total. The largest absolute Gasteiger partial charge is 0.479 e. The highest BCUT2D eigenvalue weighted by atomic mass is 16.4. The maximum Gasteiger partial charge on any atom is 0.349 e. The third-order valence-electron chi connectivity index (χ3n) is 3.31. The molecule has 0 radical (unpaired) electrons. The third-order valence-corrected chi connectivity index (χ3v) is 3.31. The maximum atomic E-state index is 11.4. The van der Waals surface area contributed by atoms with E-state index in [1.807, 2.05) is 6.07 Å². The number of hydrogen-bond donors (Lipinski definition) is 2. The van der Waals surface area contributed by atoms with Crippen LogP contribution in [0, 0.1) is 11.3 Å². The summed E-state index contributed by atoms with van der Waals surface area (Å²) in [5.41, 5.74) is -0.815. The minimum absolute atomic E-state index is 0.0865. The van der Waals surface area contributed by atoms with Gasteiger partial charge in [0.15, 0.2) is 0 Å². The number of carbonyl (C=O) groups is 2. The number of nitrogens with zero attached hydrogens (tertiary/aromatic N) is 3. The van der Waals surface area contributed by atoms with Crippen LogP contribution in [0.1, 0.15) is 18.1 Å². The summed E-state index contributed by atoms with van der Waals surface area (Å²) in [5.74, 6) is -3.14. The molecule has 0 aromatic heterocycles. The zero-order valence-electron chi connectivity index (χ0n) is 11.1. The Kier molecular flexibility index (Phi) is 3.54. The van der Waals surface area contributed by atoms with Gasteiger partial charge < -0.3 is 10.2 Å². The summed E-state index contributed by atoms with van der Waals surface area (Å²) in [7, 11) is 0. The zero-order chi connectivity index (χ0) is 15.6. The van der Waals surface area contributed by atoms with Gasteiger partial charge in [0.05, 0.1) is 17.3 Å². The summed E-state index contributed by atoms with van der Waals surface area (Å²) in [6, 6.07) is 8.42. The number of nitriles is 1. The summed E-state index contributed by atoms with van der Waals surface area (Å²) in [6.45, 7) is 1.52. The van der Waals surface area contributed by atoms with Gasteiger partial charge in [-0.15, -0.1) is 0 Å². The van der Waals surface area contributed by atoms with Crippen LogP contribution in [-0.2, 0) is 16.0 Å². The number of carboxylic acids is 2. The van der Waals surface area contributed by atoms with Crippen LogP contribution in [0.3, 0.4) is 0 Å². The molecule has 0 bridgehead atoms. The first-order chi connectivity index (χ1) is 9.91. The number of carboxylic acid groups (broad SMARTS) is 2. The predicted octanol–water partition coefficient (Wildman–Crippen LogP) is 1.75. The Morgan fingerprint density at radius 3 is 2.29 bits per heavy atom. The molecular weight excluding hydrogens is 274 g/mol. The Hall–Kier alpha value is -3.01. The molecule has 1 aliphatic rings. The zero-order valence-corrected chi connectivity index (χ0v) is 11.1. The normalized spacial score (nSPS) is 15.8. The Bertz CT molecular complexity index is 697. The molecule has 1 heterocycles. The lowest BCUT2D eigenvalue weighted by atomic mass is 9.85. The first kappa shape index (κ1) is 14.4. The lowest BCUT2D eigenvalue weighted by Crippen LogP contribution is -2.46. The molecule has 106 valence electrons. The molecule has 0 spiro atoms. The fourth-order valence-electron chi connectivity index (χ4n) is 2.12. The summed E-state index contributed by atoms with van der Waals surface area (Å²) >= 11 is 0. The van der Waals surface area contributed by atoms with Gasteiger partial charge in [-0.05, 0) is 31.0 Å². The molecule has 0 fully saturated rings. The second-order valence-electron chi connectivity index (χ2n) is 4.57. The van der Waals surface area contributed by atoms with Gasteiger partial charge >= 0.3 is 11.9 Å². The minimum atomic E-state index is -2.36. The first-order valence-electron chi connectivity index (χ1n) is 6.00. The fraction of sp³-hybridized carbons (Fsp3) is 0.214. The monoisotopic (exact) mass is 285 g/mol. The molecule has 21 heavy (non-hydrogen) atoms. The molecule has 0 saturated heterocycles. The second kappa shape index (κ2) is 5.17. The standard InChI is InChI=1S/C14H11N3O4/c1-8-11(6-9-2-4-10(7-15)5-3-9)14(12(18)19,13(20)21)17-16-8/h2-5H,6H2,1H3,(H,18,19)(H,20,21). The molecule has 0 aliphatic carbocycles. The van der Waals surface area contributed by atoms with Crippen molar-refractivity contribution < 1.29 is 19.8 Å². The molecule has 1 aromatic carbocycles. The van der Waals surface area contributed by atoms with E-state index in [0.29, 0.717) is 11.1 Å². The summed E-state index contributed by atoms with van der Waals surface area (Å²) in [4.78, 5) is 22.8. The van der Waals surface area contributed by atoms with E-state index in [0.717, 1.165) is 0 Å². The average molecular weight is 285 g/mol. The molecule has 1 aliphatic heterocycles. The predicted molar refractivity (Wildman–Crippen MR) is 70.4 cm³/mol. The van der Waals surface area contributed by atoms with Crippen molar-refractivity contribution >= 4 is 11.9 Å². The number of benzene rings is 1. The van der Waals surface area contributed by atoms with E-state index >= 15 is 0 Å². The van der Waals surface area contributed by atoms with Gasteiger partial charge in [0.1, 0.15) is 0 Å². The van der Waals surface area contributed by atoms with E-state index in [9.17, 15) is 19.8 Å². The van der Waals surface area contributed by atoms with Crippen molar-refractivity contribution in [3.63, 3.8) is 0 Å². The topological polar surface area (TPSA) is 123 Å². The quantitative estimate of drug-likeness (QED) is 0.815. The van der Waals surface area contributed by atoms with Crippen molar-refractivity contribution in [2.45, 2.75) is 18.9 Å². The Morgan fingerprint density at radius 2 is 1.81 bits per heavy atom. The molecule has 1 aromatic rings. The van der Waals surface area contributed by atoms with Gasteiger partial charge in [-0.1, -0.05) is 12.1 Å². The van der Waals surface area contributed by atoms with E-state index in [1.54, 1.807) is 24.3 Å². The first-order valence-corrected chi connectivity index (χ1v) is 6.00. The SMILES string of the molecule is CC1=C(Cc2ccc(C#N)cc2)C(C(=O)O)(C(=O)O)N=N1.